The third kappa shape index (κ3) is 4.95. The van der Waals surface area contributed by atoms with E-state index in [0.29, 0.717) is 29.5 Å². The van der Waals surface area contributed by atoms with Crippen LogP contribution in [-0.2, 0) is 19.3 Å². The molecule has 0 aliphatic heterocycles. The van der Waals surface area contributed by atoms with Crippen molar-refractivity contribution in [3.8, 4) is 16.9 Å². The maximum Gasteiger partial charge on any atom is 0.573 e. The maximum absolute atomic E-state index is 14.9. The van der Waals surface area contributed by atoms with Crippen LogP contribution in [0.15, 0.2) is 54.6 Å². The van der Waals surface area contributed by atoms with Crippen LogP contribution in [-0.4, -0.2) is 6.36 Å². The largest absolute Gasteiger partial charge is 0.573 e. The van der Waals surface area contributed by atoms with Gasteiger partial charge in [-0.25, -0.2) is 8.78 Å². The highest BCUT2D eigenvalue weighted by Crippen LogP contribution is 2.37. The molecule has 0 heterocycles. The summed E-state index contributed by atoms with van der Waals surface area (Å²) in [4.78, 5) is 0. The molecule has 168 valence electrons. The van der Waals surface area contributed by atoms with Gasteiger partial charge in [-0.1, -0.05) is 37.6 Å². The molecule has 0 N–H and O–H groups in total. The predicted molar refractivity (Wildman–Crippen MR) is 114 cm³/mol. The second kappa shape index (κ2) is 8.93. The molecule has 3 aromatic rings. The molecule has 0 bridgehead atoms. The summed E-state index contributed by atoms with van der Waals surface area (Å²) in [6.45, 7) is 2.05. The predicted octanol–water partition coefficient (Wildman–Crippen LogP) is 7.76. The van der Waals surface area contributed by atoms with Crippen molar-refractivity contribution in [2.45, 2.75) is 51.3 Å². The van der Waals surface area contributed by atoms with Crippen LogP contribution >= 0.6 is 0 Å². The first-order valence-electron chi connectivity index (χ1n) is 10.7. The Morgan fingerprint density at radius 1 is 0.906 bits per heavy atom. The summed E-state index contributed by atoms with van der Waals surface area (Å²) in [5.74, 6) is -1.02. The molecule has 1 aliphatic rings. The molecule has 6 heteroatoms. The van der Waals surface area contributed by atoms with Crippen LogP contribution in [0.4, 0.5) is 22.0 Å². The average Bonchev–Trinajstić information content (AvgIpc) is 2.73. The highest BCUT2D eigenvalue weighted by atomic mass is 19.4. The summed E-state index contributed by atoms with van der Waals surface area (Å²) >= 11 is 0. The number of benzene rings is 3. The Kier molecular flexibility index (Phi) is 6.22. The van der Waals surface area contributed by atoms with Gasteiger partial charge < -0.3 is 4.74 Å². The van der Waals surface area contributed by atoms with Crippen molar-refractivity contribution in [2.24, 2.45) is 0 Å². The maximum atomic E-state index is 14.9. The normalized spacial score (nSPS) is 16.0. The van der Waals surface area contributed by atoms with Gasteiger partial charge in [-0.3, -0.25) is 0 Å². The Bertz CT molecular complexity index is 1100. The van der Waals surface area contributed by atoms with E-state index in [1.807, 2.05) is 12.1 Å². The summed E-state index contributed by atoms with van der Waals surface area (Å²) in [7, 11) is 0. The monoisotopic (exact) mass is 446 g/mol. The molecular formula is C26H23F5O. The average molecular weight is 446 g/mol. The third-order valence-corrected chi connectivity index (χ3v) is 5.96. The van der Waals surface area contributed by atoms with Crippen molar-refractivity contribution in [3.63, 3.8) is 0 Å². The fourth-order valence-electron chi connectivity index (χ4n) is 4.45. The second-order valence-electron chi connectivity index (χ2n) is 8.22. The molecule has 0 spiro atoms. The van der Waals surface area contributed by atoms with Gasteiger partial charge >= 0.3 is 6.36 Å². The Labute approximate surface area is 183 Å². The van der Waals surface area contributed by atoms with E-state index in [-0.39, 0.29) is 17.5 Å². The molecule has 4 rings (SSSR count). The zero-order chi connectivity index (χ0) is 22.9. The lowest BCUT2D eigenvalue weighted by Crippen LogP contribution is -2.17. The summed E-state index contributed by atoms with van der Waals surface area (Å²) in [5, 5.41) is 0. The first-order valence-corrected chi connectivity index (χ1v) is 10.7. The first kappa shape index (κ1) is 22.3. The Balaban J connectivity index is 1.55. The minimum Gasteiger partial charge on any atom is -0.406 e. The van der Waals surface area contributed by atoms with Gasteiger partial charge in [-0.05, 0) is 89.8 Å². The molecule has 0 aromatic heterocycles. The fourth-order valence-corrected chi connectivity index (χ4v) is 4.45. The molecule has 1 nitrogen and oxygen atoms in total. The van der Waals surface area contributed by atoms with Gasteiger partial charge in [0.05, 0.1) is 0 Å². The lowest BCUT2D eigenvalue weighted by atomic mass is 9.79. The Hall–Kier alpha value is -2.89. The number of aryl methyl sites for hydroxylation is 2. The van der Waals surface area contributed by atoms with Gasteiger partial charge in [0.25, 0.3) is 0 Å². The van der Waals surface area contributed by atoms with Gasteiger partial charge in [-0.15, -0.1) is 13.2 Å². The van der Waals surface area contributed by atoms with E-state index in [4.69, 9.17) is 0 Å². The van der Waals surface area contributed by atoms with E-state index < -0.39 is 12.2 Å². The van der Waals surface area contributed by atoms with Gasteiger partial charge in [0, 0.05) is 5.56 Å². The third-order valence-electron chi connectivity index (χ3n) is 5.96. The molecule has 1 atom stereocenters. The van der Waals surface area contributed by atoms with Crippen LogP contribution in [0.1, 0.15) is 47.9 Å². The van der Waals surface area contributed by atoms with Crippen LogP contribution in [0.3, 0.4) is 0 Å². The molecule has 0 saturated carbocycles. The van der Waals surface area contributed by atoms with Gasteiger partial charge in [0.2, 0.25) is 0 Å². The fraction of sp³-hybridized carbons (Fsp3) is 0.308. The van der Waals surface area contributed by atoms with E-state index in [2.05, 4.69) is 11.7 Å². The van der Waals surface area contributed by atoms with Crippen molar-refractivity contribution in [1.82, 2.24) is 0 Å². The molecule has 0 fully saturated rings. The Morgan fingerprint density at radius 2 is 1.66 bits per heavy atom. The standard InChI is InChI=1S/C26H23F5O/c1-2-3-16-4-11-22(24(27)12-16)19-6-5-18-14-23(25(28)15-20(18)13-19)17-7-9-21(10-8-17)32-26(29,30)31/h4,7-12,14-15,19H,2-3,5-6,13H2,1H3. The number of hydrogen-bond donors (Lipinski definition) is 0. The zero-order valence-electron chi connectivity index (χ0n) is 17.6. The molecule has 1 unspecified atom stereocenters. The topological polar surface area (TPSA) is 9.23 Å². The zero-order valence-corrected chi connectivity index (χ0v) is 17.6. The number of alkyl halides is 3. The Morgan fingerprint density at radius 3 is 2.31 bits per heavy atom. The quantitative estimate of drug-likeness (QED) is 0.364. The molecular weight excluding hydrogens is 423 g/mol. The van der Waals surface area contributed by atoms with Crippen molar-refractivity contribution in [1.29, 1.82) is 0 Å². The number of rotatable bonds is 5. The van der Waals surface area contributed by atoms with E-state index in [9.17, 15) is 22.0 Å². The number of ether oxygens (including phenoxy) is 1. The highest BCUT2D eigenvalue weighted by Gasteiger charge is 2.31. The van der Waals surface area contributed by atoms with E-state index in [1.165, 1.54) is 30.3 Å². The summed E-state index contributed by atoms with van der Waals surface area (Å²) in [6, 6.07) is 13.8. The van der Waals surface area contributed by atoms with Crippen molar-refractivity contribution in [3.05, 3.63) is 88.5 Å². The number of fused-ring (bicyclic) bond motifs is 1. The minimum atomic E-state index is -4.77. The van der Waals surface area contributed by atoms with Crippen molar-refractivity contribution < 1.29 is 26.7 Å². The van der Waals surface area contributed by atoms with E-state index in [0.717, 1.165) is 36.0 Å². The molecule has 32 heavy (non-hydrogen) atoms. The van der Waals surface area contributed by atoms with Crippen LogP contribution in [0.2, 0.25) is 0 Å². The number of halogens is 5. The van der Waals surface area contributed by atoms with E-state index in [1.54, 1.807) is 12.1 Å². The number of hydrogen-bond acceptors (Lipinski definition) is 1. The van der Waals surface area contributed by atoms with Gasteiger partial charge in [0.1, 0.15) is 17.4 Å². The minimum absolute atomic E-state index is 0.0118. The van der Waals surface area contributed by atoms with Crippen LogP contribution in [0.5, 0.6) is 5.75 Å². The molecule has 0 radical (unpaired) electrons. The summed E-state index contributed by atoms with van der Waals surface area (Å²) < 4.78 is 70.5. The molecule has 3 aromatic carbocycles. The summed E-state index contributed by atoms with van der Waals surface area (Å²) in [6.07, 6.45) is -1.00. The second-order valence-corrected chi connectivity index (χ2v) is 8.22. The lowest BCUT2D eigenvalue weighted by Gasteiger charge is -2.26. The van der Waals surface area contributed by atoms with Crippen LogP contribution in [0, 0.1) is 11.6 Å². The smallest absolute Gasteiger partial charge is 0.406 e. The van der Waals surface area contributed by atoms with Gasteiger partial charge in [0.15, 0.2) is 0 Å². The molecule has 0 amide bonds. The van der Waals surface area contributed by atoms with Gasteiger partial charge in [-0.2, -0.15) is 0 Å². The lowest BCUT2D eigenvalue weighted by molar-refractivity contribution is -0.274. The SMILES string of the molecule is CCCc1ccc(C2CCc3cc(-c4ccc(OC(F)(F)F)cc4)c(F)cc3C2)c(F)c1. The highest BCUT2D eigenvalue weighted by molar-refractivity contribution is 5.67. The van der Waals surface area contributed by atoms with Crippen LogP contribution in [0.25, 0.3) is 11.1 Å². The molecule has 1 aliphatic carbocycles. The van der Waals surface area contributed by atoms with Crippen molar-refractivity contribution in [2.75, 3.05) is 0 Å². The summed E-state index contributed by atoms with van der Waals surface area (Å²) in [5.41, 5.74) is 4.27. The first-order chi connectivity index (χ1) is 15.2. The van der Waals surface area contributed by atoms with Crippen LogP contribution < -0.4 is 4.74 Å². The van der Waals surface area contributed by atoms with E-state index >= 15 is 0 Å². The van der Waals surface area contributed by atoms with Crippen molar-refractivity contribution >= 4 is 0 Å². The molecule has 0 saturated heterocycles.